The summed E-state index contributed by atoms with van der Waals surface area (Å²) < 4.78 is 38.4. The highest BCUT2D eigenvalue weighted by molar-refractivity contribution is 8.14. The number of hydrogen-bond acceptors (Lipinski definition) is 5. The molecule has 3 N–H and O–H groups in total. The lowest BCUT2D eigenvalue weighted by Gasteiger charge is -2.11. The first-order valence-electron chi connectivity index (χ1n) is 9.69. The number of halogens is 3. The molecule has 0 fully saturated rings. The molecule has 0 radical (unpaired) electrons. The Morgan fingerprint density at radius 3 is 2.84 bits per heavy atom. The summed E-state index contributed by atoms with van der Waals surface area (Å²) in [6.45, 7) is 6.82. The lowest BCUT2D eigenvalue weighted by Crippen LogP contribution is -2.32. The topological polar surface area (TPSA) is 77.9 Å². The van der Waals surface area contributed by atoms with Crippen LogP contribution >= 0.6 is 23.1 Å². The van der Waals surface area contributed by atoms with Gasteiger partial charge in [0.25, 0.3) is 0 Å². The Morgan fingerprint density at radius 2 is 2.16 bits per heavy atom. The molecule has 2 aromatic rings. The van der Waals surface area contributed by atoms with Gasteiger partial charge in [-0.25, -0.2) is 4.79 Å². The maximum Gasteiger partial charge on any atom is 0.416 e. The number of carbonyl (C=O) groups is 1. The van der Waals surface area contributed by atoms with Gasteiger partial charge in [-0.1, -0.05) is 24.4 Å². The monoisotopic (exact) mass is 481 g/mol. The molecule has 11 heteroatoms. The van der Waals surface area contributed by atoms with Gasteiger partial charge in [0.1, 0.15) is 5.84 Å². The van der Waals surface area contributed by atoms with Crippen LogP contribution in [0.15, 0.2) is 58.5 Å². The maximum absolute atomic E-state index is 12.8. The van der Waals surface area contributed by atoms with Crippen molar-refractivity contribution in [2.45, 2.75) is 24.8 Å². The van der Waals surface area contributed by atoms with E-state index >= 15 is 0 Å². The number of nitrogens with one attached hydrogen (secondary N) is 3. The standard InChI is InChI=1S/C21H22F3N5OS2/c1-3-25-18(17-13(2)8-10-31-17)26-9-7-16-12-27-20(32-16)29-19(30)28-15-6-4-5-14(11-15)21(22,23)24/h3-6,8,10-11,16H,1,7,9,12H2,2H3,(H,25,26)(H2,27,28,29,30). The number of alkyl halides is 3. The predicted molar refractivity (Wildman–Crippen MR) is 126 cm³/mol. The fourth-order valence-electron chi connectivity index (χ4n) is 2.88. The van der Waals surface area contributed by atoms with Crippen LogP contribution in [-0.2, 0) is 6.18 Å². The number of rotatable bonds is 6. The Labute approximate surface area is 192 Å². The van der Waals surface area contributed by atoms with Crippen molar-refractivity contribution in [2.75, 3.05) is 18.4 Å². The first-order chi connectivity index (χ1) is 15.3. The fourth-order valence-corrected chi connectivity index (χ4v) is 4.77. The third-order valence-electron chi connectivity index (χ3n) is 4.42. The molecule has 1 aromatic carbocycles. The second-order valence-electron chi connectivity index (χ2n) is 6.84. The van der Waals surface area contributed by atoms with Crippen LogP contribution in [0.1, 0.15) is 22.4 Å². The zero-order valence-electron chi connectivity index (χ0n) is 17.2. The van der Waals surface area contributed by atoms with E-state index in [1.165, 1.54) is 23.9 Å². The minimum Gasteiger partial charge on any atom is -0.346 e. The normalized spacial score (nSPS) is 16.4. The number of nitrogens with zero attached hydrogens (tertiary/aromatic N) is 2. The molecule has 1 aliphatic rings. The van der Waals surface area contributed by atoms with E-state index in [1.807, 2.05) is 18.4 Å². The van der Waals surface area contributed by atoms with Gasteiger partial charge < -0.3 is 10.6 Å². The van der Waals surface area contributed by atoms with Crippen LogP contribution in [0.3, 0.4) is 0 Å². The summed E-state index contributed by atoms with van der Waals surface area (Å²) in [6, 6.07) is 5.85. The maximum atomic E-state index is 12.8. The molecule has 6 nitrogen and oxygen atoms in total. The molecule has 0 saturated carbocycles. The summed E-state index contributed by atoms with van der Waals surface area (Å²) in [5, 5.41) is 10.7. The summed E-state index contributed by atoms with van der Waals surface area (Å²) in [5.41, 5.74) is 0.365. The molecule has 2 heterocycles. The van der Waals surface area contributed by atoms with Gasteiger partial charge in [-0.2, -0.15) is 13.2 Å². The van der Waals surface area contributed by atoms with Gasteiger partial charge in [0.05, 0.1) is 17.0 Å². The van der Waals surface area contributed by atoms with Crippen molar-refractivity contribution in [3.63, 3.8) is 0 Å². The minimum absolute atomic E-state index is 0.0536. The average Bonchev–Trinajstić information content (AvgIpc) is 3.35. The van der Waals surface area contributed by atoms with Gasteiger partial charge in [0.15, 0.2) is 5.17 Å². The summed E-state index contributed by atoms with van der Waals surface area (Å²) in [4.78, 5) is 22.1. The number of carbonyl (C=O) groups excluding carboxylic acids is 1. The highest BCUT2D eigenvalue weighted by Gasteiger charge is 2.30. The number of anilines is 1. The SMILES string of the molecule is C=CNC(=NCCC1CN=C(NC(=O)Nc2cccc(C(F)(F)F)c2)S1)c1sccc1C. The Balaban J connectivity index is 1.48. The Bertz CT molecular complexity index is 1030. The van der Waals surface area contributed by atoms with E-state index in [9.17, 15) is 18.0 Å². The van der Waals surface area contributed by atoms with E-state index in [0.29, 0.717) is 18.3 Å². The van der Waals surface area contributed by atoms with Crippen LogP contribution in [0.25, 0.3) is 0 Å². The van der Waals surface area contributed by atoms with Gasteiger partial charge in [0, 0.05) is 17.5 Å². The van der Waals surface area contributed by atoms with Crippen LogP contribution in [0.2, 0.25) is 0 Å². The van der Waals surface area contributed by atoms with E-state index < -0.39 is 17.8 Å². The molecule has 0 bridgehead atoms. The molecule has 0 spiro atoms. The van der Waals surface area contributed by atoms with Crippen molar-refractivity contribution in [2.24, 2.45) is 9.98 Å². The Morgan fingerprint density at radius 1 is 1.34 bits per heavy atom. The Hall–Kier alpha value is -2.79. The van der Waals surface area contributed by atoms with E-state index in [4.69, 9.17) is 0 Å². The third-order valence-corrected chi connectivity index (χ3v) is 6.62. The van der Waals surface area contributed by atoms with Crippen LogP contribution < -0.4 is 16.0 Å². The van der Waals surface area contributed by atoms with Crippen molar-refractivity contribution in [3.8, 4) is 0 Å². The first-order valence-corrected chi connectivity index (χ1v) is 11.4. The summed E-state index contributed by atoms with van der Waals surface area (Å²) in [6.07, 6.45) is -2.13. The molecule has 32 heavy (non-hydrogen) atoms. The molecule has 2 amide bonds. The minimum atomic E-state index is -4.47. The number of amides is 2. The van der Waals surface area contributed by atoms with Crippen molar-refractivity contribution in [1.82, 2.24) is 10.6 Å². The highest BCUT2D eigenvalue weighted by atomic mass is 32.2. The smallest absolute Gasteiger partial charge is 0.346 e. The average molecular weight is 482 g/mol. The van der Waals surface area contributed by atoms with E-state index in [2.05, 4.69) is 32.5 Å². The molecule has 0 aliphatic carbocycles. The molecular weight excluding hydrogens is 459 g/mol. The van der Waals surface area contributed by atoms with Crippen LogP contribution in [0, 0.1) is 6.92 Å². The van der Waals surface area contributed by atoms with Crippen LogP contribution in [-0.4, -0.2) is 35.4 Å². The second-order valence-corrected chi connectivity index (χ2v) is 9.05. The van der Waals surface area contributed by atoms with E-state index in [1.54, 1.807) is 17.5 Å². The predicted octanol–water partition coefficient (Wildman–Crippen LogP) is 5.24. The van der Waals surface area contributed by atoms with Gasteiger partial charge in [-0.15, -0.1) is 11.3 Å². The zero-order chi connectivity index (χ0) is 23.1. The first kappa shape index (κ1) is 23.9. The van der Waals surface area contributed by atoms with Gasteiger partial charge >= 0.3 is 12.2 Å². The van der Waals surface area contributed by atoms with Crippen molar-refractivity contribution in [3.05, 3.63) is 64.5 Å². The molecule has 3 rings (SSSR count). The molecule has 1 aliphatic heterocycles. The molecule has 170 valence electrons. The summed E-state index contributed by atoms with van der Waals surface area (Å²) >= 11 is 3.02. The lowest BCUT2D eigenvalue weighted by atomic mass is 10.2. The summed E-state index contributed by atoms with van der Waals surface area (Å²) in [5.74, 6) is 0.773. The van der Waals surface area contributed by atoms with Gasteiger partial charge in [-0.05, 0) is 54.8 Å². The Kier molecular flexibility index (Phi) is 7.97. The van der Waals surface area contributed by atoms with Crippen LogP contribution in [0.5, 0.6) is 0 Å². The quantitative estimate of drug-likeness (QED) is 0.390. The number of urea groups is 1. The molecule has 1 aromatic heterocycles. The zero-order valence-corrected chi connectivity index (χ0v) is 18.8. The number of hydrogen-bond donors (Lipinski definition) is 3. The van der Waals surface area contributed by atoms with Crippen molar-refractivity contribution >= 4 is 45.8 Å². The number of thiophene rings is 1. The second kappa shape index (κ2) is 10.7. The van der Waals surface area contributed by atoms with E-state index in [-0.39, 0.29) is 10.9 Å². The number of aliphatic imine (C=N–C) groups is 2. The van der Waals surface area contributed by atoms with Crippen molar-refractivity contribution < 1.29 is 18.0 Å². The molecule has 0 saturated heterocycles. The molecule has 1 atom stereocenters. The summed E-state index contributed by atoms with van der Waals surface area (Å²) in [7, 11) is 0. The van der Waals surface area contributed by atoms with Gasteiger partial charge in [-0.3, -0.25) is 15.3 Å². The number of aryl methyl sites for hydroxylation is 1. The third kappa shape index (κ3) is 6.60. The number of amidine groups is 2. The number of thioether (sulfide) groups is 1. The molecule has 1 unspecified atom stereocenters. The molecular formula is C21H22F3N5OS2. The number of benzene rings is 1. The fraction of sp³-hybridized carbons (Fsp3) is 0.286. The highest BCUT2D eigenvalue weighted by Crippen LogP contribution is 2.30. The van der Waals surface area contributed by atoms with Crippen molar-refractivity contribution in [1.29, 1.82) is 0 Å². The largest absolute Gasteiger partial charge is 0.416 e. The lowest BCUT2D eigenvalue weighted by molar-refractivity contribution is -0.137. The van der Waals surface area contributed by atoms with Crippen LogP contribution in [0.4, 0.5) is 23.7 Å². The van der Waals surface area contributed by atoms with E-state index in [0.717, 1.165) is 34.8 Å². The van der Waals surface area contributed by atoms with Gasteiger partial charge in [0.2, 0.25) is 0 Å².